The first-order valence-electron chi connectivity index (χ1n) is 6.42. The molecule has 0 aromatic heterocycles. The molecule has 21 heavy (non-hydrogen) atoms. The molecule has 0 saturated heterocycles. The summed E-state index contributed by atoms with van der Waals surface area (Å²) in [4.78, 5) is 0. The quantitative estimate of drug-likeness (QED) is 0.863. The lowest BCUT2D eigenvalue weighted by atomic mass is 9.76. The smallest absolute Gasteiger partial charge is 0.126 e. The molecule has 2 N–H and O–H groups in total. The molecule has 2 aromatic rings. The van der Waals surface area contributed by atoms with Crippen LogP contribution < -0.4 is 0 Å². The fourth-order valence-electron chi connectivity index (χ4n) is 2.31. The molecule has 0 aliphatic rings. The number of aliphatic hydroxyl groups is 2. The van der Waals surface area contributed by atoms with Crippen LogP contribution in [0.25, 0.3) is 0 Å². The van der Waals surface area contributed by atoms with E-state index >= 15 is 0 Å². The van der Waals surface area contributed by atoms with E-state index in [1.807, 2.05) is 6.07 Å². The molecular weight excluding hydrogens is 342 g/mol. The zero-order chi connectivity index (χ0) is 15.5. The first kappa shape index (κ1) is 16.1. The molecule has 2 rings (SSSR count). The molecule has 0 aliphatic heterocycles. The molecule has 0 unspecified atom stereocenters. The number of hydrogen-bond acceptors (Lipinski definition) is 2. The maximum absolute atomic E-state index is 13.8. The van der Waals surface area contributed by atoms with Crippen LogP contribution in [0.4, 0.5) is 8.78 Å². The molecule has 0 bridgehead atoms. The van der Waals surface area contributed by atoms with Crippen molar-refractivity contribution in [1.29, 1.82) is 0 Å². The molecule has 2 aromatic carbocycles. The van der Waals surface area contributed by atoms with Crippen LogP contribution in [-0.2, 0) is 11.8 Å². The Morgan fingerprint density at radius 1 is 1.00 bits per heavy atom. The van der Waals surface area contributed by atoms with E-state index in [0.29, 0.717) is 5.56 Å². The van der Waals surface area contributed by atoms with Crippen LogP contribution in [0.3, 0.4) is 0 Å². The normalized spacial score (nSPS) is 11.7. The summed E-state index contributed by atoms with van der Waals surface area (Å²) in [5, 5.41) is 19.5. The largest absolute Gasteiger partial charge is 0.395 e. The lowest BCUT2D eigenvalue weighted by Gasteiger charge is -2.31. The lowest BCUT2D eigenvalue weighted by molar-refractivity contribution is 0.115. The second kappa shape index (κ2) is 6.64. The van der Waals surface area contributed by atoms with Crippen molar-refractivity contribution in [1.82, 2.24) is 0 Å². The van der Waals surface area contributed by atoms with Gasteiger partial charge in [0, 0.05) is 9.89 Å². The number of aliphatic hydroxyl groups excluding tert-OH is 2. The highest BCUT2D eigenvalue weighted by Crippen LogP contribution is 2.31. The average molecular weight is 357 g/mol. The second-order valence-electron chi connectivity index (χ2n) is 5.02. The van der Waals surface area contributed by atoms with Crippen LogP contribution >= 0.6 is 15.9 Å². The third-order valence-electron chi connectivity index (χ3n) is 3.58. The van der Waals surface area contributed by atoms with Crippen LogP contribution in [0.1, 0.15) is 11.1 Å². The van der Waals surface area contributed by atoms with Crippen LogP contribution in [0.5, 0.6) is 0 Å². The van der Waals surface area contributed by atoms with Crippen molar-refractivity contribution in [2.24, 2.45) is 0 Å². The summed E-state index contributed by atoms with van der Waals surface area (Å²) in [6, 6.07) is 10.3. The van der Waals surface area contributed by atoms with Crippen molar-refractivity contribution in [3.05, 3.63) is 69.7 Å². The van der Waals surface area contributed by atoms with Crippen LogP contribution in [0.15, 0.2) is 46.9 Å². The second-order valence-corrected chi connectivity index (χ2v) is 5.94. The summed E-state index contributed by atoms with van der Waals surface area (Å²) in [6.45, 7) is -0.758. The van der Waals surface area contributed by atoms with Crippen LogP contribution in [-0.4, -0.2) is 23.4 Å². The fraction of sp³-hybridized carbons (Fsp3) is 0.250. The van der Waals surface area contributed by atoms with Gasteiger partial charge in [-0.25, -0.2) is 8.78 Å². The SMILES string of the molecule is OCC(CO)(Cc1cc(F)ccc1F)c1cccc(Br)c1. The summed E-state index contributed by atoms with van der Waals surface area (Å²) in [5.74, 6) is -1.11. The average Bonchev–Trinajstić information content (AvgIpc) is 2.48. The number of halogens is 3. The minimum Gasteiger partial charge on any atom is -0.395 e. The molecule has 0 aliphatic carbocycles. The van der Waals surface area contributed by atoms with E-state index in [4.69, 9.17) is 0 Å². The standard InChI is InChI=1S/C16H15BrF2O2/c17-13-3-1-2-12(7-13)16(9-20,10-21)8-11-6-14(18)4-5-15(11)19/h1-7,20-21H,8-10H2. The highest BCUT2D eigenvalue weighted by atomic mass is 79.9. The number of hydrogen-bond donors (Lipinski definition) is 2. The van der Waals surface area contributed by atoms with E-state index in [-0.39, 0.29) is 25.2 Å². The summed E-state index contributed by atoms with van der Waals surface area (Å²) >= 11 is 3.33. The Hall–Kier alpha value is -1.30. The monoisotopic (exact) mass is 356 g/mol. The highest BCUT2D eigenvalue weighted by molar-refractivity contribution is 9.10. The van der Waals surface area contributed by atoms with Gasteiger partial charge in [0.25, 0.3) is 0 Å². The molecule has 112 valence electrons. The van der Waals surface area contributed by atoms with E-state index in [1.165, 1.54) is 0 Å². The molecule has 0 fully saturated rings. The summed E-state index contributed by atoms with van der Waals surface area (Å²) in [6.07, 6.45) is 0.0000463. The Balaban J connectivity index is 2.45. The molecule has 5 heteroatoms. The lowest BCUT2D eigenvalue weighted by Crippen LogP contribution is -2.37. The van der Waals surface area contributed by atoms with Gasteiger partial charge in [-0.05, 0) is 47.9 Å². The summed E-state index contributed by atoms with van der Waals surface area (Å²) in [7, 11) is 0. The van der Waals surface area contributed by atoms with Crippen LogP contribution in [0.2, 0.25) is 0 Å². The Labute approximate surface area is 130 Å². The molecule has 0 atom stereocenters. The number of rotatable bonds is 5. The molecule has 2 nitrogen and oxygen atoms in total. The Bertz CT molecular complexity index is 627. The van der Waals surface area contributed by atoms with E-state index in [2.05, 4.69) is 15.9 Å². The van der Waals surface area contributed by atoms with Gasteiger partial charge in [-0.1, -0.05) is 28.1 Å². The van der Waals surface area contributed by atoms with Gasteiger partial charge >= 0.3 is 0 Å². The van der Waals surface area contributed by atoms with E-state index in [9.17, 15) is 19.0 Å². The molecule has 0 amide bonds. The minimum atomic E-state index is -1.07. The van der Waals surface area contributed by atoms with Gasteiger partial charge in [-0.3, -0.25) is 0 Å². The predicted octanol–water partition coefficient (Wildman–Crippen LogP) is 3.19. The van der Waals surface area contributed by atoms with Gasteiger partial charge in [0.05, 0.1) is 13.2 Å². The fourth-order valence-corrected chi connectivity index (χ4v) is 2.71. The van der Waals surface area contributed by atoms with Crippen LogP contribution in [0, 0.1) is 11.6 Å². The van der Waals surface area contributed by atoms with Crippen molar-refractivity contribution >= 4 is 15.9 Å². The van der Waals surface area contributed by atoms with Gasteiger partial charge in [0.15, 0.2) is 0 Å². The Morgan fingerprint density at radius 3 is 2.33 bits per heavy atom. The van der Waals surface area contributed by atoms with Crippen molar-refractivity contribution in [3.8, 4) is 0 Å². The minimum absolute atomic E-state index is 0.0000463. The van der Waals surface area contributed by atoms with Crippen molar-refractivity contribution in [3.63, 3.8) is 0 Å². The predicted molar refractivity (Wildman–Crippen MR) is 80.1 cm³/mol. The summed E-state index contributed by atoms with van der Waals surface area (Å²) < 4.78 is 27.9. The van der Waals surface area contributed by atoms with Gasteiger partial charge in [-0.2, -0.15) is 0 Å². The van der Waals surface area contributed by atoms with Gasteiger partial charge in [0.2, 0.25) is 0 Å². The molecule has 0 saturated carbocycles. The first-order valence-corrected chi connectivity index (χ1v) is 7.22. The Kier molecular flexibility index (Phi) is 5.08. The molecular formula is C16H15BrF2O2. The zero-order valence-electron chi connectivity index (χ0n) is 11.2. The third kappa shape index (κ3) is 3.48. The van der Waals surface area contributed by atoms with Gasteiger partial charge in [-0.15, -0.1) is 0 Å². The highest BCUT2D eigenvalue weighted by Gasteiger charge is 2.32. The number of benzene rings is 2. The first-order chi connectivity index (χ1) is 10.0. The Morgan fingerprint density at radius 2 is 1.71 bits per heavy atom. The van der Waals surface area contributed by atoms with Crippen molar-refractivity contribution in [2.45, 2.75) is 11.8 Å². The van der Waals surface area contributed by atoms with Gasteiger partial charge < -0.3 is 10.2 Å². The van der Waals surface area contributed by atoms with Gasteiger partial charge in [0.1, 0.15) is 11.6 Å². The zero-order valence-corrected chi connectivity index (χ0v) is 12.8. The third-order valence-corrected chi connectivity index (χ3v) is 4.07. The van der Waals surface area contributed by atoms with E-state index < -0.39 is 17.0 Å². The maximum atomic E-state index is 13.8. The molecule has 0 radical (unpaired) electrons. The summed E-state index contributed by atoms with van der Waals surface area (Å²) in [5.41, 5.74) is -0.290. The van der Waals surface area contributed by atoms with Crippen molar-refractivity contribution in [2.75, 3.05) is 13.2 Å². The molecule has 0 heterocycles. The van der Waals surface area contributed by atoms with E-state index in [1.54, 1.807) is 18.2 Å². The maximum Gasteiger partial charge on any atom is 0.126 e. The topological polar surface area (TPSA) is 40.5 Å². The van der Waals surface area contributed by atoms with Crippen molar-refractivity contribution < 1.29 is 19.0 Å². The van der Waals surface area contributed by atoms with E-state index in [0.717, 1.165) is 22.7 Å². The molecule has 0 spiro atoms.